The van der Waals surface area contributed by atoms with Gasteiger partial charge in [0.25, 0.3) is 0 Å². The highest BCUT2D eigenvalue weighted by Crippen LogP contribution is 2.20. The van der Waals surface area contributed by atoms with Crippen LogP contribution in [-0.4, -0.2) is 11.1 Å². The van der Waals surface area contributed by atoms with Gasteiger partial charge in [0, 0.05) is 11.6 Å². The molecular weight excluding hydrogens is 278 g/mol. The van der Waals surface area contributed by atoms with Crippen molar-refractivity contribution in [3.63, 3.8) is 0 Å². The molecule has 0 aliphatic rings. The first kappa shape index (κ1) is 14.1. The van der Waals surface area contributed by atoms with Gasteiger partial charge in [0.05, 0.1) is 5.56 Å². The third kappa shape index (κ3) is 3.06. The van der Waals surface area contributed by atoms with E-state index in [0.717, 1.165) is 11.1 Å². The lowest BCUT2D eigenvalue weighted by atomic mass is 10.1. The molecule has 4 heteroatoms. The molecule has 3 rings (SSSR count). The van der Waals surface area contributed by atoms with Crippen LogP contribution in [0.2, 0.25) is 0 Å². The Morgan fingerprint density at radius 2 is 1.82 bits per heavy atom. The Morgan fingerprint density at radius 3 is 2.59 bits per heavy atom. The van der Waals surface area contributed by atoms with Crippen LogP contribution in [-0.2, 0) is 11.3 Å². The molecular formula is C18H15NO3. The molecule has 0 saturated heterocycles. The maximum atomic E-state index is 12.0. The van der Waals surface area contributed by atoms with E-state index in [2.05, 4.69) is 5.16 Å². The van der Waals surface area contributed by atoms with Crippen LogP contribution in [0.4, 0.5) is 0 Å². The largest absolute Gasteiger partial charge is 0.455 e. The maximum absolute atomic E-state index is 12.0. The molecule has 0 unspecified atom stereocenters. The third-order valence-corrected chi connectivity index (χ3v) is 3.33. The average Bonchev–Trinajstić information content (AvgIpc) is 3.03. The van der Waals surface area contributed by atoms with Gasteiger partial charge in [-0.15, -0.1) is 0 Å². The summed E-state index contributed by atoms with van der Waals surface area (Å²) in [6.45, 7) is 1.96. The van der Waals surface area contributed by atoms with Crippen molar-refractivity contribution in [2.24, 2.45) is 0 Å². The summed E-state index contributed by atoms with van der Waals surface area (Å²) in [5.41, 5.74) is 2.97. The van der Waals surface area contributed by atoms with Crippen molar-refractivity contribution in [1.29, 1.82) is 0 Å². The molecule has 1 heterocycles. The molecule has 4 nitrogen and oxygen atoms in total. The molecule has 3 aromatic rings. The molecule has 0 aliphatic heterocycles. The molecule has 0 spiro atoms. The van der Waals surface area contributed by atoms with Crippen molar-refractivity contribution in [2.45, 2.75) is 13.5 Å². The van der Waals surface area contributed by atoms with Gasteiger partial charge in [-0.05, 0) is 18.6 Å². The van der Waals surface area contributed by atoms with Gasteiger partial charge in [-0.3, -0.25) is 0 Å². The standard InChI is InChI=1S/C18H15NO3/c1-13-7-5-6-10-16(13)18(20)21-12-15-11-17(22-19-15)14-8-3-2-4-9-14/h2-11H,12H2,1H3. The molecule has 0 bridgehead atoms. The Balaban J connectivity index is 1.67. The van der Waals surface area contributed by atoms with E-state index < -0.39 is 0 Å². The Kier molecular flexibility index (Phi) is 4.01. The Morgan fingerprint density at radius 1 is 1.09 bits per heavy atom. The summed E-state index contributed by atoms with van der Waals surface area (Å²) in [4.78, 5) is 12.0. The molecule has 0 aliphatic carbocycles. The van der Waals surface area contributed by atoms with E-state index >= 15 is 0 Å². The fraction of sp³-hybridized carbons (Fsp3) is 0.111. The first-order valence-electron chi connectivity index (χ1n) is 6.98. The number of carbonyl (C=O) groups is 1. The zero-order valence-corrected chi connectivity index (χ0v) is 12.2. The lowest BCUT2D eigenvalue weighted by molar-refractivity contribution is 0.0463. The van der Waals surface area contributed by atoms with Gasteiger partial charge in [0.1, 0.15) is 12.3 Å². The zero-order valence-electron chi connectivity index (χ0n) is 12.2. The molecule has 2 aromatic carbocycles. The van der Waals surface area contributed by atoms with Crippen molar-refractivity contribution in [3.05, 3.63) is 77.5 Å². The van der Waals surface area contributed by atoms with Gasteiger partial charge in [-0.25, -0.2) is 4.79 Å². The van der Waals surface area contributed by atoms with Gasteiger partial charge in [-0.2, -0.15) is 0 Å². The number of hydrogen-bond acceptors (Lipinski definition) is 4. The van der Waals surface area contributed by atoms with Gasteiger partial charge in [0.2, 0.25) is 0 Å². The summed E-state index contributed by atoms with van der Waals surface area (Å²) in [5, 5.41) is 3.93. The Bertz CT molecular complexity index is 778. The van der Waals surface area contributed by atoms with Crippen LogP contribution in [0.1, 0.15) is 21.6 Å². The summed E-state index contributed by atoms with van der Waals surface area (Å²) in [7, 11) is 0. The average molecular weight is 293 g/mol. The predicted octanol–water partition coefficient (Wildman–Crippen LogP) is 4.01. The SMILES string of the molecule is Cc1ccccc1C(=O)OCc1cc(-c2ccccc2)on1. The third-order valence-electron chi connectivity index (χ3n) is 3.33. The van der Waals surface area contributed by atoms with Crippen LogP contribution in [0.25, 0.3) is 11.3 Å². The van der Waals surface area contributed by atoms with E-state index in [4.69, 9.17) is 9.26 Å². The monoisotopic (exact) mass is 293 g/mol. The molecule has 1 aromatic heterocycles. The Labute approximate surface area is 128 Å². The first-order chi connectivity index (χ1) is 10.7. The highest BCUT2D eigenvalue weighted by atomic mass is 16.5. The fourth-order valence-electron chi connectivity index (χ4n) is 2.14. The van der Waals surface area contributed by atoms with E-state index in [0.29, 0.717) is 17.0 Å². The second kappa shape index (κ2) is 6.26. The number of nitrogens with zero attached hydrogens (tertiary/aromatic N) is 1. The van der Waals surface area contributed by atoms with Gasteiger partial charge in [0.15, 0.2) is 5.76 Å². The van der Waals surface area contributed by atoms with Crippen LogP contribution < -0.4 is 0 Å². The minimum absolute atomic E-state index is 0.0868. The zero-order chi connectivity index (χ0) is 15.4. The molecule has 110 valence electrons. The van der Waals surface area contributed by atoms with E-state index in [1.54, 1.807) is 12.1 Å². The molecule has 0 radical (unpaired) electrons. The lowest BCUT2D eigenvalue weighted by Crippen LogP contribution is -2.07. The highest BCUT2D eigenvalue weighted by molar-refractivity contribution is 5.90. The van der Waals surface area contributed by atoms with Crippen molar-refractivity contribution in [3.8, 4) is 11.3 Å². The number of aryl methyl sites for hydroxylation is 1. The molecule has 0 saturated carbocycles. The van der Waals surface area contributed by atoms with Crippen molar-refractivity contribution < 1.29 is 14.1 Å². The normalized spacial score (nSPS) is 10.4. The second-order valence-electron chi connectivity index (χ2n) is 4.94. The second-order valence-corrected chi connectivity index (χ2v) is 4.94. The quantitative estimate of drug-likeness (QED) is 0.682. The maximum Gasteiger partial charge on any atom is 0.338 e. The van der Waals surface area contributed by atoms with E-state index in [-0.39, 0.29) is 12.6 Å². The van der Waals surface area contributed by atoms with Crippen molar-refractivity contribution in [2.75, 3.05) is 0 Å². The minimum atomic E-state index is -0.359. The summed E-state index contributed by atoms with van der Waals surface area (Å²) >= 11 is 0. The lowest BCUT2D eigenvalue weighted by Gasteiger charge is -2.04. The van der Waals surface area contributed by atoms with E-state index in [1.807, 2.05) is 55.5 Å². The number of aromatic nitrogens is 1. The number of ether oxygens (including phenoxy) is 1. The highest BCUT2D eigenvalue weighted by Gasteiger charge is 2.12. The molecule has 0 N–H and O–H groups in total. The minimum Gasteiger partial charge on any atom is -0.455 e. The van der Waals surface area contributed by atoms with Crippen molar-refractivity contribution >= 4 is 5.97 Å². The molecule has 22 heavy (non-hydrogen) atoms. The molecule has 0 atom stereocenters. The smallest absolute Gasteiger partial charge is 0.338 e. The van der Waals surface area contributed by atoms with E-state index in [1.165, 1.54) is 0 Å². The van der Waals surface area contributed by atoms with Crippen LogP contribution in [0, 0.1) is 6.92 Å². The number of benzene rings is 2. The van der Waals surface area contributed by atoms with Crippen LogP contribution >= 0.6 is 0 Å². The van der Waals surface area contributed by atoms with Crippen LogP contribution in [0.3, 0.4) is 0 Å². The summed E-state index contributed by atoms with van der Waals surface area (Å²) in [6, 6.07) is 18.8. The number of esters is 1. The predicted molar refractivity (Wildman–Crippen MR) is 82.2 cm³/mol. The van der Waals surface area contributed by atoms with Crippen LogP contribution in [0.15, 0.2) is 65.2 Å². The Hall–Kier alpha value is -2.88. The van der Waals surface area contributed by atoms with Gasteiger partial charge < -0.3 is 9.26 Å². The summed E-state index contributed by atoms with van der Waals surface area (Å²) in [6.07, 6.45) is 0. The molecule has 0 amide bonds. The topological polar surface area (TPSA) is 52.3 Å². The summed E-state index contributed by atoms with van der Waals surface area (Å²) < 4.78 is 10.6. The van der Waals surface area contributed by atoms with Gasteiger partial charge >= 0.3 is 5.97 Å². The number of rotatable bonds is 4. The van der Waals surface area contributed by atoms with E-state index in [9.17, 15) is 4.79 Å². The van der Waals surface area contributed by atoms with Crippen molar-refractivity contribution in [1.82, 2.24) is 5.16 Å². The number of hydrogen-bond donors (Lipinski definition) is 0. The number of carbonyl (C=O) groups excluding carboxylic acids is 1. The van der Waals surface area contributed by atoms with Gasteiger partial charge in [-0.1, -0.05) is 53.7 Å². The fourth-order valence-corrected chi connectivity index (χ4v) is 2.14. The van der Waals surface area contributed by atoms with Crippen LogP contribution in [0.5, 0.6) is 0 Å². The molecule has 0 fully saturated rings. The first-order valence-corrected chi connectivity index (χ1v) is 6.98. The summed E-state index contributed by atoms with van der Waals surface area (Å²) in [5.74, 6) is 0.296.